The SMILES string of the molecule is Cc1ccc2c(C)c(C)c(C)c(C)c2c1P. The van der Waals surface area contributed by atoms with Crippen LogP contribution in [0.5, 0.6) is 0 Å². The topological polar surface area (TPSA) is 0 Å². The molecule has 1 heteroatoms. The smallest absolute Gasteiger partial charge is 0.00748 e. The Morgan fingerprint density at radius 3 is 1.94 bits per heavy atom. The molecule has 0 nitrogen and oxygen atoms in total. The van der Waals surface area contributed by atoms with Crippen molar-refractivity contribution < 1.29 is 0 Å². The molecule has 0 aliphatic carbocycles. The van der Waals surface area contributed by atoms with Gasteiger partial charge in [0.15, 0.2) is 0 Å². The van der Waals surface area contributed by atoms with E-state index in [-0.39, 0.29) is 0 Å². The first-order valence-corrected chi connectivity index (χ1v) is 6.28. The molecular weight excluding hydrogens is 211 g/mol. The molecule has 1 unspecified atom stereocenters. The van der Waals surface area contributed by atoms with Gasteiger partial charge < -0.3 is 0 Å². The lowest BCUT2D eigenvalue weighted by Gasteiger charge is -2.16. The van der Waals surface area contributed by atoms with Crippen LogP contribution >= 0.6 is 9.24 Å². The second kappa shape index (κ2) is 3.86. The lowest BCUT2D eigenvalue weighted by atomic mass is 9.91. The Morgan fingerprint density at radius 1 is 0.750 bits per heavy atom. The summed E-state index contributed by atoms with van der Waals surface area (Å²) in [5.74, 6) is 0. The second-order valence-electron chi connectivity index (χ2n) is 4.72. The molecule has 0 heterocycles. The van der Waals surface area contributed by atoms with Crippen molar-refractivity contribution in [2.24, 2.45) is 0 Å². The lowest BCUT2D eigenvalue weighted by Crippen LogP contribution is -2.04. The molecule has 1 atom stereocenters. The summed E-state index contributed by atoms with van der Waals surface area (Å²) in [5, 5.41) is 4.17. The van der Waals surface area contributed by atoms with Gasteiger partial charge in [0.2, 0.25) is 0 Å². The van der Waals surface area contributed by atoms with E-state index in [0.29, 0.717) is 0 Å². The fraction of sp³-hybridized carbons (Fsp3) is 0.333. The number of benzene rings is 2. The molecule has 0 saturated carbocycles. The van der Waals surface area contributed by atoms with E-state index in [9.17, 15) is 0 Å². The van der Waals surface area contributed by atoms with Crippen LogP contribution in [0.25, 0.3) is 10.8 Å². The average molecular weight is 230 g/mol. The fourth-order valence-electron chi connectivity index (χ4n) is 2.39. The van der Waals surface area contributed by atoms with E-state index in [1.807, 2.05) is 0 Å². The number of hydrogen-bond acceptors (Lipinski definition) is 0. The Bertz CT molecular complexity index is 580. The van der Waals surface area contributed by atoms with Gasteiger partial charge in [-0.15, -0.1) is 9.24 Å². The first-order chi connectivity index (χ1) is 7.45. The van der Waals surface area contributed by atoms with Crippen LogP contribution < -0.4 is 5.30 Å². The summed E-state index contributed by atoms with van der Waals surface area (Å²) in [4.78, 5) is 0. The van der Waals surface area contributed by atoms with Gasteiger partial charge in [-0.3, -0.25) is 0 Å². The van der Waals surface area contributed by atoms with Gasteiger partial charge in [0.05, 0.1) is 0 Å². The minimum atomic E-state index is 1.35. The molecule has 0 N–H and O–H groups in total. The van der Waals surface area contributed by atoms with Gasteiger partial charge in [0, 0.05) is 0 Å². The molecule has 16 heavy (non-hydrogen) atoms. The Balaban J connectivity index is 3.09. The maximum atomic E-state index is 2.90. The van der Waals surface area contributed by atoms with E-state index in [1.165, 1.54) is 43.9 Å². The molecule has 2 rings (SSSR count). The Hall–Kier alpha value is -0.870. The van der Waals surface area contributed by atoms with E-state index in [4.69, 9.17) is 0 Å². The summed E-state index contributed by atoms with van der Waals surface area (Å²) in [6, 6.07) is 4.47. The van der Waals surface area contributed by atoms with Crippen LogP contribution in [0.2, 0.25) is 0 Å². The highest BCUT2D eigenvalue weighted by Gasteiger charge is 2.11. The molecule has 0 bridgehead atoms. The van der Waals surface area contributed by atoms with Crippen molar-refractivity contribution in [3.8, 4) is 0 Å². The molecule has 0 fully saturated rings. The lowest BCUT2D eigenvalue weighted by molar-refractivity contribution is 1.25. The van der Waals surface area contributed by atoms with Crippen LogP contribution in [0.4, 0.5) is 0 Å². The van der Waals surface area contributed by atoms with Gasteiger partial charge in [-0.25, -0.2) is 0 Å². The van der Waals surface area contributed by atoms with Gasteiger partial charge in [-0.2, -0.15) is 0 Å². The van der Waals surface area contributed by atoms with Crippen molar-refractivity contribution in [1.29, 1.82) is 0 Å². The van der Waals surface area contributed by atoms with Crippen LogP contribution in [0.3, 0.4) is 0 Å². The average Bonchev–Trinajstić information content (AvgIpc) is 2.27. The Kier molecular flexibility index (Phi) is 2.80. The van der Waals surface area contributed by atoms with E-state index in [0.717, 1.165) is 0 Å². The van der Waals surface area contributed by atoms with Crippen LogP contribution in [-0.2, 0) is 0 Å². The predicted octanol–water partition coefficient (Wildman–Crippen LogP) is 3.88. The third-order valence-corrected chi connectivity index (χ3v) is 4.67. The molecule has 2 aromatic rings. The zero-order chi connectivity index (χ0) is 12.0. The van der Waals surface area contributed by atoms with E-state index in [2.05, 4.69) is 56.0 Å². The largest absolute Gasteiger partial charge is 0.105 e. The van der Waals surface area contributed by atoms with Crippen LogP contribution in [0, 0.1) is 34.6 Å². The minimum Gasteiger partial charge on any atom is -0.105 e. The van der Waals surface area contributed by atoms with Crippen molar-refractivity contribution >= 4 is 25.3 Å². The second-order valence-corrected chi connectivity index (χ2v) is 5.30. The molecule has 2 aromatic carbocycles. The van der Waals surface area contributed by atoms with E-state index < -0.39 is 0 Å². The normalized spacial score (nSPS) is 11.1. The van der Waals surface area contributed by atoms with Crippen LogP contribution in [0.15, 0.2) is 12.1 Å². The van der Waals surface area contributed by atoms with Gasteiger partial charge >= 0.3 is 0 Å². The molecular formula is C15H19P. The van der Waals surface area contributed by atoms with Crippen LogP contribution in [0.1, 0.15) is 27.8 Å². The third kappa shape index (κ3) is 1.48. The first-order valence-electron chi connectivity index (χ1n) is 5.70. The molecule has 84 valence electrons. The highest BCUT2D eigenvalue weighted by atomic mass is 31.0. The summed E-state index contributed by atoms with van der Waals surface area (Å²) in [6.07, 6.45) is 0. The van der Waals surface area contributed by atoms with Crippen molar-refractivity contribution in [2.75, 3.05) is 0 Å². The molecule has 0 saturated heterocycles. The standard InChI is InChI=1S/C15H19P/c1-8-6-7-13-11(4)9(2)10(3)12(5)14(13)15(8)16/h6-7H,16H2,1-5H3. The number of fused-ring (bicyclic) bond motifs is 1. The van der Waals surface area contributed by atoms with Crippen LogP contribution in [-0.4, -0.2) is 0 Å². The maximum absolute atomic E-state index is 2.90. The molecule has 0 radical (unpaired) electrons. The monoisotopic (exact) mass is 230 g/mol. The van der Waals surface area contributed by atoms with Gasteiger partial charge in [0.1, 0.15) is 0 Å². The number of hydrogen-bond donors (Lipinski definition) is 0. The van der Waals surface area contributed by atoms with Crippen molar-refractivity contribution in [2.45, 2.75) is 34.6 Å². The summed E-state index contributed by atoms with van der Waals surface area (Å²) in [7, 11) is 2.90. The quantitative estimate of drug-likeness (QED) is 0.602. The van der Waals surface area contributed by atoms with Crippen molar-refractivity contribution in [3.05, 3.63) is 39.9 Å². The zero-order valence-corrected chi connectivity index (χ0v) is 11.9. The first kappa shape index (κ1) is 11.6. The van der Waals surface area contributed by atoms with E-state index in [1.54, 1.807) is 0 Å². The Morgan fingerprint density at radius 2 is 1.31 bits per heavy atom. The highest BCUT2D eigenvalue weighted by Crippen LogP contribution is 2.29. The summed E-state index contributed by atoms with van der Waals surface area (Å²) < 4.78 is 0. The van der Waals surface area contributed by atoms with Crippen molar-refractivity contribution in [1.82, 2.24) is 0 Å². The molecule has 0 aliphatic rings. The van der Waals surface area contributed by atoms with E-state index >= 15 is 0 Å². The molecule has 0 aromatic heterocycles. The maximum Gasteiger partial charge on any atom is -0.00748 e. The summed E-state index contributed by atoms with van der Waals surface area (Å²) in [5.41, 5.74) is 7.05. The highest BCUT2D eigenvalue weighted by molar-refractivity contribution is 7.28. The number of rotatable bonds is 0. The summed E-state index contributed by atoms with van der Waals surface area (Å²) in [6.45, 7) is 11.1. The summed E-state index contributed by atoms with van der Waals surface area (Å²) >= 11 is 0. The van der Waals surface area contributed by atoms with Crippen molar-refractivity contribution in [3.63, 3.8) is 0 Å². The minimum absolute atomic E-state index is 1.35. The molecule has 0 spiro atoms. The predicted molar refractivity (Wildman–Crippen MR) is 77.0 cm³/mol. The fourth-order valence-corrected chi connectivity index (χ4v) is 2.86. The molecule has 0 aliphatic heterocycles. The van der Waals surface area contributed by atoms with Gasteiger partial charge in [-0.05, 0) is 78.5 Å². The number of aryl methyl sites for hydroxylation is 3. The Labute approximate surface area is 100 Å². The third-order valence-electron chi connectivity index (χ3n) is 3.93. The zero-order valence-electron chi connectivity index (χ0n) is 10.7. The molecule has 0 amide bonds. The van der Waals surface area contributed by atoms with Gasteiger partial charge in [0.25, 0.3) is 0 Å². The van der Waals surface area contributed by atoms with Gasteiger partial charge in [-0.1, -0.05) is 12.1 Å².